The molecule has 4 aliphatic rings. The molecule has 1 aromatic heterocycles. The predicted molar refractivity (Wildman–Crippen MR) is 131 cm³/mol. The number of hydrogen-bond donors (Lipinski definition) is 1. The molecule has 1 amide bonds. The highest BCUT2D eigenvalue weighted by Gasteiger charge is 2.58. The van der Waals surface area contributed by atoms with Gasteiger partial charge in [-0.05, 0) is 80.0 Å². The number of nitrogens with zero attached hydrogens (tertiary/aromatic N) is 3. The summed E-state index contributed by atoms with van der Waals surface area (Å²) in [6.45, 7) is 5.93. The zero-order valence-electron chi connectivity index (χ0n) is 19.5. The van der Waals surface area contributed by atoms with Crippen LogP contribution in [0.2, 0.25) is 0 Å². The van der Waals surface area contributed by atoms with Gasteiger partial charge >= 0.3 is 0 Å². The van der Waals surface area contributed by atoms with Gasteiger partial charge in [-0.15, -0.1) is 0 Å². The van der Waals surface area contributed by atoms with E-state index in [1.54, 1.807) is 17.0 Å². The molecule has 2 saturated carbocycles. The molecule has 1 N–H and O–H groups in total. The minimum atomic E-state index is -0.616. The number of aryl methyl sites for hydroxylation is 1. The van der Waals surface area contributed by atoms with Gasteiger partial charge in [0.25, 0.3) is 5.91 Å². The molecule has 3 aromatic rings. The standard InChI is InChI=1S/C28H29FN4O/c1-17-10-22-11-20(5-7-25(22)30-17)21-4-6-23(24(29)12-21)26-31-28(8-9-28)27(34)33(26)16-19-14-32(15-19)13-18-2-3-18/h4-7,10-12,18-19,30H,2-3,8-9,13-16H2,1H3. The second-order valence-electron chi connectivity index (χ2n) is 10.9. The van der Waals surface area contributed by atoms with Gasteiger partial charge in [0.05, 0.1) is 5.56 Å². The van der Waals surface area contributed by atoms with E-state index in [-0.39, 0.29) is 11.7 Å². The number of rotatable bonds is 6. The van der Waals surface area contributed by atoms with Gasteiger partial charge < -0.3 is 9.88 Å². The number of fused-ring (bicyclic) bond motifs is 1. The third kappa shape index (κ3) is 3.38. The van der Waals surface area contributed by atoms with E-state index in [0.717, 1.165) is 59.6 Å². The summed E-state index contributed by atoms with van der Waals surface area (Å²) in [6.07, 6.45) is 4.28. The highest BCUT2D eigenvalue weighted by molar-refractivity contribution is 6.16. The predicted octanol–water partition coefficient (Wildman–Crippen LogP) is 4.75. The number of halogens is 1. The molecule has 6 heteroatoms. The molecule has 174 valence electrons. The molecule has 2 aliphatic carbocycles. The number of amidine groups is 1. The fraction of sp³-hybridized carbons (Fsp3) is 0.429. The van der Waals surface area contributed by atoms with Gasteiger partial charge in [0.2, 0.25) is 0 Å². The Bertz CT molecular complexity index is 1340. The van der Waals surface area contributed by atoms with Crippen LogP contribution in [0.25, 0.3) is 22.0 Å². The zero-order chi connectivity index (χ0) is 23.0. The lowest BCUT2D eigenvalue weighted by Crippen LogP contribution is -2.53. The van der Waals surface area contributed by atoms with E-state index in [9.17, 15) is 4.79 Å². The van der Waals surface area contributed by atoms with Crippen molar-refractivity contribution in [2.24, 2.45) is 16.8 Å². The van der Waals surface area contributed by atoms with Crippen LogP contribution in [0.3, 0.4) is 0 Å². The molecule has 34 heavy (non-hydrogen) atoms. The van der Waals surface area contributed by atoms with Crippen molar-refractivity contribution < 1.29 is 9.18 Å². The second kappa shape index (κ2) is 7.25. The number of carbonyl (C=O) groups excluding carboxylic acids is 1. The number of aliphatic imine (C=N–C) groups is 1. The Morgan fingerprint density at radius 2 is 1.79 bits per heavy atom. The van der Waals surface area contributed by atoms with Gasteiger partial charge in [-0.1, -0.05) is 12.1 Å². The molecule has 1 spiro atoms. The van der Waals surface area contributed by atoms with Crippen molar-refractivity contribution in [3.63, 3.8) is 0 Å². The van der Waals surface area contributed by atoms with E-state index < -0.39 is 5.54 Å². The minimum Gasteiger partial charge on any atom is -0.359 e. The highest BCUT2D eigenvalue weighted by atomic mass is 19.1. The quantitative estimate of drug-likeness (QED) is 0.582. The number of carbonyl (C=O) groups is 1. The fourth-order valence-corrected chi connectivity index (χ4v) is 5.68. The number of nitrogens with one attached hydrogen (secondary N) is 1. The Hall–Kier alpha value is -2.99. The molecule has 7 rings (SSSR count). The number of hydrogen-bond acceptors (Lipinski definition) is 3. The van der Waals surface area contributed by atoms with E-state index >= 15 is 4.39 Å². The van der Waals surface area contributed by atoms with Crippen molar-refractivity contribution in [2.75, 3.05) is 26.2 Å². The van der Waals surface area contributed by atoms with Crippen molar-refractivity contribution >= 4 is 22.6 Å². The highest BCUT2D eigenvalue weighted by Crippen LogP contribution is 2.46. The van der Waals surface area contributed by atoms with Crippen LogP contribution in [0.4, 0.5) is 4.39 Å². The summed E-state index contributed by atoms with van der Waals surface area (Å²) in [5.41, 5.74) is 3.81. The molecular formula is C28H29FN4O. The average molecular weight is 457 g/mol. The zero-order valence-corrected chi connectivity index (χ0v) is 19.5. The van der Waals surface area contributed by atoms with Gasteiger partial charge in [-0.2, -0.15) is 0 Å². The van der Waals surface area contributed by atoms with Crippen molar-refractivity contribution in [1.29, 1.82) is 0 Å². The second-order valence-corrected chi connectivity index (χ2v) is 10.9. The number of amides is 1. The maximum atomic E-state index is 15.5. The van der Waals surface area contributed by atoms with Crippen LogP contribution in [0.5, 0.6) is 0 Å². The van der Waals surface area contributed by atoms with Gasteiger partial charge in [0.15, 0.2) is 0 Å². The molecule has 2 aliphatic heterocycles. The first-order chi connectivity index (χ1) is 16.5. The van der Waals surface area contributed by atoms with Crippen LogP contribution in [-0.4, -0.2) is 58.2 Å². The van der Waals surface area contributed by atoms with E-state index in [1.165, 1.54) is 19.4 Å². The molecule has 2 aromatic carbocycles. The third-order valence-electron chi connectivity index (χ3n) is 7.93. The first kappa shape index (κ1) is 20.4. The van der Waals surface area contributed by atoms with Crippen LogP contribution in [0.1, 0.15) is 36.9 Å². The number of aromatic amines is 1. The van der Waals surface area contributed by atoms with Crippen molar-refractivity contribution in [2.45, 2.75) is 38.1 Å². The summed E-state index contributed by atoms with van der Waals surface area (Å²) in [5.74, 6) is 1.61. The van der Waals surface area contributed by atoms with Crippen LogP contribution >= 0.6 is 0 Å². The lowest BCUT2D eigenvalue weighted by Gasteiger charge is -2.41. The largest absolute Gasteiger partial charge is 0.359 e. The lowest BCUT2D eigenvalue weighted by molar-refractivity contribution is -0.129. The maximum absolute atomic E-state index is 15.5. The summed E-state index contributed by atoms with van der Waals surface area (Å²) < 4.78 is 15.5. The molecular weight excluding hydrogens is 427 g/mol. The first-order valence-corrected chi connectivity index (χ1v) is 12.5. The van der Waals surface area contributed by atoms with E-state index in [2.05, 4.69) is 22.0 Å². The topological polar surface area (TPSA) is 51.7 Å². The van der Waals surface area contributed by atoms with Gasteiger partial charge in [-0.3, -0.25) is 14.7 Å². The number of H-pyrrole nitrogens is 1. The number of benzene rings is 2. The summed E-state index contributed by atoms with van der Waals surface area (Å²) >= 11 is 0. The third-order valence-corrected chi connectivity index (χ3v) is 7.93. The Labute approximate surface area is 198 Å². The van der Waals surface area contributed by atoms with E-state index in [0.29, 0.717) is 23.9 Å². The van der Waals surface area contributed by atoms with Crippen LogP contribution in [0, 0.1) is 24.6 Å². The molecule has 0 radical (unpaired) electrons. The smallest absolute Gasteiger partial charge is 0.256 e. The van der Waals surface area contributed by atoms with Gasteiger partial charge in [-0.25, -0.2) is 4.39 Å². The Morgan fingerprint density at radius 3 is 2.53 bits per heavy atom. The first-order valence-electron chi connectivity index (χ1n) is 12.5. The Morgan fingerprint density at radius 1 is 1.03 bits per heavy atom. The summed E-state index contributed by atoms with van der Waals surface area (Å²) in [5, 5.41) is 1.11. The molecule has 5 nitrogen and oxygen atoms in total. The van der Waals surface area contributed by atoms with E-state index in [4.69, 9.17) is 4.99 Å². The summed E-state index contributed by atoms with van der Waals surface area (Å²) in [4.78, 5) is 25.6. The molecule has 0 unspecified atom stereocenters. The molecule has 0 atom stereocenters. The average Bonchev–Trinajstić information content (AvgIpc) is 3.70. The molecule has 3 heterocycles. The van der Waals surface area contributed by atoms with Crippen molar-refractivity contribution in [3.05, 3.63) is 59.5 Å². The van der Waals surface area contributed by atoms with Gasteiger partial charge in [0.1, 0.15) is 17.2 Å². The van der Waals surface area contributed by atoms with Crippen molar-refractivity contribution in [3.8, 4) is 11.1 Å². The van der Waals surface area contributed by atoms with E-state index in [1.807, 2.05) is 25.1 Å². The Balaban J connectivity index is 1.15. The summed E-state index contributed by atoms with van der Waals surface area (Å²) in [7, 11) is 0. The normalized spacial score (nSPS) is 22.0. The van der Waals surface area contributed by atoms with Gasteiger partial charge in [0, 0.05) is 48.7 Å². The van der Waals surface area contributed by atoms with Crippen LogP contribution in [-0.2, 0) is 4.79 Å². The number of likely N-dealkylation sites (tertiary alicyclic amines) is 1. The van der Waals surface area contributed by atoms with Crippen LogP contribution in [0.15, 0.2) is 47.5 Å². The number of aromatic nitrogens is 1. The minimum absolute atomic E-state index is 0.0694. The van der Waals surface area contributed by atoms with Crippen LogP contribution < -0.4 is 0 Å². The Kier molecular flexibility index (Phi) is 4.35. The molecule has 1 saturated heterocycles. The molecule has 0 bridgehead atoms. The van der Waals surface area contributed by atoms with Crippen molar-refractivity contribution in [1.82, 2.24) is 14.8 Å². The monoisotopic (exact) mass is 456 g/mol. The fourth-order valence-electron chi connectivity index (χ4n) is 5.68. The lowest BCUT2D eigenvalue weighted by atomic mass is 9.98. The summed E-state index contributed by atoms with van der Waals surface area (Å²) in [6, 6.07) is 13.6. The SMILES string of the molecule is Cc1cc2cc(-c3ccc(C4=NC5(CC5)C(=O)N4CC4CN(CC5CC5)C4)c(F)c3)ccc2[nH]1. The maximum Gasteiger partial charge on any atom is 0.256 e. The molecule has 3 fully saturated rings.